The summed E-state index contributed by atoms with van der Waals surface area (Å²) in [6, 6.07) is 15.1. The maximum absolute atomic E-state index is 11.7. The molecule has 0 aliphatic carbocycles. The van der Waals surface area contributed by atoms with Gasteiger partial charge in [0.2, 0.25) is 16.1 Å². The molecule has 9 nitrogen and oxygen atoms in total. The fraction of sp³-hybridized carbons (Fsp3) is 0.515. The smallest absolute Gasteiger partial charge is 0.303 e. The summed E-state index contributed by atoms with van der Waals surface area (Å²) >= 11 is 22.9. The lowest BCUT2D eigenvalue weighted by Gasteiger charge is -2.10. The molecule has 280 valence electrons. The van der Waals surface area contributed by atoms with Crippen LogP contribution in [0.15, 0.2) is 57.5 Å². The van der Waals surface area contributed by atoms with Crippen molar-refractivity contribution in [1.82, 2.24) is 10.2 Å². The number of halogens is 3. The first kappa shape index (κ1) is 48.9. The van der Waals surface area contributed by atoms with Crippen LogP contribution in [0.5, 0.6) is 11.5 Å². The highest BCUT2D eigenvalue weighted by Gasteiger charge is 2.26. The number of carbonyl (C=O) groups excluding carboxylic acids is 3. The number of amides is 1. The van der Waals surface area contributed by atoms with Gasteiger partial charge in [-0.1, -0.05) is 74.9 Å². The third-order valence-electron chi connectivity index (χ3n) is 6.55. The Morgan fingerprint density at radius 3 is 1.66 bits per heavy atom. The number of carboxylic acids is 1. The lowest BCUT2D eigenvalue weighted by Crippen LogP contribution is -2.36. The molecule has 2 unspecified atom stereocenters. The van der Waals surface area contributed by atoms with Crippen LogP contribution in [0.4, 0.5) is 0 Å². The minimum absolute atomic E-state index is 0. The topological polar surface area (TPSA) is 131 Å². The summed E-state index contributed by atoms with van der Waals surface area (Å²) in [5.41, 5.74) is 0. The van der Waals surface area contributed by atoms with Gasteiger partial charge in [0, 0.05) is 64.5 Å². The van der Waals surface area contributed by atoms with Crippen molar-refractivity contribution in [1.29, 1.82) is 0 Å². The summed E-state index contributed by atoms with van der Waals surface area (Å²) in [6.45, 7) is 1.28. The molecule has 17 heteroatoms. The molecule has 2 aromatic carbocycles. The zero-order valence-electron chi connectivity index (χ0n) is 26.7. The molecule has 3 N–H and O–H groups in total. The van der Waals surface area contributed by atoms with Crippen LogP contribution in [0.2, 0.25) is 0 Å². The van der Waals surface area contributed by atoms with Crippen molar-refractivity contribution in [3.63, 3.8) is 0 Å². The van der Waals surface area contributed by atoms with Gasteiger partial charge in [0.05, 0.1) is 25.3 Å². The summed E-state index contributed by atoms with van der Waals surface area (Å²) in [4.78, 5) is 46.4. The fourth-order valence-corrected chi connectivity index (χ4v) is 7.00. The number of rotatable bonds is 16. The van der Waals surface area contributed by atoms with Crippen molar-refractivity contribution in [2.45, 2.75) is 83.7 Å². The Balaban J connectivity index is 0.000000747. The summed E-state index contributed by atoms with van der Waals surface area (Å²) in [6.07, 6.45) is 7.52. The van der Waals surface area contributed by atoms with Gasteiger partial charge in [-0.05, 0) is 99.5 Å². The predicted octanol–water partition coefficient (Wildman–Crippen LogP) is 8.40. The van der Waals surface area contributed by atoms with Crippen LogP contribution in [0.25, 0.3) is 0 Å². The number of unbranched alkanes of at least 4 members (excludes halogenated alkanes) is 4. The molecule has 2 atom stereocenters. The van der Waals surface area contributed by atoms with Crippen LogP contribution in [-0.4, -0.2) is 64.0 Å². The van der Waals surface area contributed by atoms with E-state index in [0.717, 1.165) is 92.2 Å². The van der Waals surface area contributed by atoms with Crippen molar-refractivity contribution in [3.8, 4) is 11.5 Å². The number of carbonyl (C=O) groups is 4. The number of nitrogens with one attached hydrogen (secondary N) is 2. The van der Waals surface area contributed by atoms with Crippen molar-refractivity contribution < 1.29 is 33.8 Å². The molecule has 0 spiro atoms. The second kappa shape index (κ2) is 31.4. The monoisotopic (exact) mass is 934 g/mol. The number of ether oxygens (including phenoxy) is 2. The summed E-state index contributed by atoms with van der Waals surface area (Å²) < 4.78 is 13.2. The lowest BCUT2D eigenvalue weighted by molar-refractivity contribution is -0.137. The van der Waals surface area contributed by atoms with Gasteiger partial charge >= 0.3 is 5.97 Å². The molecule has 2 aliphatic heterocycles. The number of aliphatic carboxylic acids is 1. The molecule has 4 rings (SSSR count). The Morgan fingerprint density at radius 1 is 0.820 bits per heavy atom. The van der Waals surface area contributed by atoms with Crippen molar-refractivity contribution >= 4 is 121 Å². The van der Waals surface area contributed by atoms with Gasteiger partial charge in [0.1, 0.15) is 11.5 Å². The van der Waals surface area contributed by atoms with E-state index in [1.54, 1.807) is 0 Å². The van der Waals surface area contributed by atoms with Gasteiger partial charge < -0.3 is 19.9 Å². The Bertz CT molecular complexity index is 1340. The predicted molar refractivity (Wildman–Crippen MR) is 222 cm³/mol. The van der Waals surface area contributed by atoms with Gasteiger partial charge in [0.15, 0.2) is 0 Å². The first-order valence-electron chi connectivity index (χ1n) is 15.5. The van der Waals surface area contributed by atoms with Crippen LogP contribution in [0.3, 0.4) is 0 Å². The van der Waals surface area contributed by atoms with Crippen molar-refractivity contribution in [2.75, 3.05) is 24.7 Å². The van der Waals surface area contributed by atoms with E-state index in [-0.39, 0.29) is 42.1 Å². The maximum atomic E-state index is 11.7. The highest BCUT2D eigenvalue weighted by molar-refractivity contribution is 9.10. The Hall–Kier alpha value is -1.11. The van der Waals surface area contributed by atoms with Crippen molar-refractivity contribution in [2.24, 2.45) is 0 Å². The Labute approximate surface area is 339 Å². The molecule has 0 bridgehead atoms. The van der Waals surface area contributed by atoms with E-state index in [1.165, 1.54) is 23.5 Å². The number of hydrogen-bond acceptors (Lipinski definition) is 11. The zero-order chi connectivity index (χ0) is 36.3. The fourth-order valence-electron chi connectivity index (χ4n) is 4.10. The first-order valence-corrected chi connectivity index (χ1v) is 22.1. The zero-order valence-corrected chi connectivity index (χ0v) is 34.8. The molecular weight excluding hydrogens is 892 g/mol. The number of benzene rings is 2. The van der Waals surface area contributed by atoms with Gasteiger partial charge in [-0.25, -0.2) is 4.84 Å². The molecule has 0 saturated carbocycles. The van der Waals surface area contributed by atoms with Crippen LogP contribution < -0.4 is 19.6 Å². The van der Waals surface area contributed by atoms with Crippen molar-refractivity contribution in [3.05, 3.63) is 57.5 Å². The molecule has 1 amide bonds. The second-order valence-corrected chi connectivity index (χ2v) is 16.4. The minimum Gasteiger partial charge on any atom is -0.494 e. The molecule has 2 aromatic rings. The summed E-state index contributed by atoms with van der Waals surface area (Å²) in [5.74, 6) is 2.67. The van der Waals surface area contributed by atoms with Crippen LogP contribution in [0.1, 0.15) is 71.6 Å². The van der Waals surface area contributed by atoms with Crippen LogP contribution in [-0.2, 0) is 50.4 Å². The molecule has 2 heterocycles. The van der Waals surface area contributed by atoms with E-state index in [1.807, 2.05) is 48.5 Å². The minimum atomic E-state index is -0.729. The quantitative estimate of drug-likeness (QED) is 0.110. The highest BCUT2D eigenvalue weighted by Crippen LogP contribution is 2.21. The van der Waals surface area contributed by atoms with Crippen LogP contribution in [0, 0.1) is 0 Å². The molecule has 2 saturated heterocycles. The number of carboxylic acid groups (broad SMARTS) is 1. The second-order valence-electron chi connectivity index (χ2n) is 10.4. The van der Waals surface area contributed by atoms with E-state index in [0.29, 0.717) is 19.6 Å². The largest absolute Gasteiger partial charge is 0.494 e. The third-order valence-corrected chi connectivity index (χ3v) is 9.82. The maximum Gasteiger partial charge on any atom is 0.303 e. The van der Waals surface area contributed by atoms with Gasteiger partial charge in [-0.15, -0.1) is 0 Å². The van der Waals surface area contributed by atoms with Gasteiger partial charge in [-0.3, -0.25) is 19.2 Å². The normalized spacial score (nSPS) is 15.8. The van der Waals surface area contributed by atoms with E-state index in [2.05, 4.69) is 64.4 Å². The number of hydrogen-bond donors (Lipinski definition) is 3. The molecule has 50 heavy (non-hydrogen) atoms. The highest BCUT2D eigenvalue weighted by atomic mass is 79.9. The van der Waals surface area contributed by atoms with Gasteiger partial charge in [0.25, 0.3) is 0 Å². The van der Waals surface area contributed by atoms with Crippen LogP contribution >= 0.6 is 67.2 Å². The summed E-state index contributed by atoms with van der Waals surface area (Å²) in [5, 5.41) is 11.5. The summed E-state index contributed by atoms with van der Waals surface area (Å²) in [7, 11) is 0.917. The Morgan fingerprint density at radius 2 is 1.28 bits per heavy atom. The van der Waals surface area contributed by atoms with E-state index >= 15 is 0 Å². The standard InChI is InChI=1S/C16H20BrNO3S.C12H15BrO3.C4H6ClNOS.CH4.S3/c17-12-5-4-6-13(11-12)21-9-3-1-2-7-15(19)18-14-8-10-22-16(14)20;13-10-5-4-6-11(9-10)16-8-3-1-2-7-12(14)15;5-6-3-1-2-8-4(3)7;;1-3-2/h4-6,11,14H,1-3,7-10H2,(H,18,19);4-6,9H,1-3,7-8H2,(H,14,15);3,6H,1-2H2;1H4;. The molecule has 2 fully saturated rings. The number of thioether (sulfide) groups is 2. The third kappa shape index (κ3) is 25.0. The Kier molecular flexibility index (Phi) is 30.7. The molecule has 2 aliphatic rings. The SMILES string of the molecule is C.O=C(CCCCCOc1cccc(Br)c1)NC1CCSC1=O.O=C(O)CCCCCOc1cccc(Br)c1.O=C1SCCC1NCl.S=S=S. The average molecular weight is 937 g/mol. The van der Waals surface area contributed by atoms with E-state index < -0.39 is 5.97 Å². The van der Waals surface area contributed by atoms with Gasteiger partial charge in [-0.2, -0.15) is 0 Å². The first-order chi connectivity index (χ1) is 23.6. The molecule has 0 aromatic heterocycles. The molecule has 0 radical (unpaired) electrons. The molecular formula is C33H45Br2ClN2O7S5. The average Bonchev–Trinajstić information content (AvgIpc) is 3.68. The lowest BCUT2D eigenvalue weighted by atomic mass is 10.1. The van der Waals surface area contributed by atoms with E-state index in [4.69, 9.17) is 26.4 Å². The van der Waals surface area contributed by atoms with E-state index in [9.17, 15) is 19.2 Å².